The third-order valence-electron chi connectivity index (χ3n) is 4.10. The van der Waals surface area contributed by atoms with Crippen molar-refractivity contribution >= 4 is 62.2 Å². The first-order valence-corrected chi connectivity index (χ1v) is 9.86. The highest BCUT2D eigenvalue weighted by Gasteiger charge is 2.22. The molecule has 0 spiro atoms. The monoisotopic (exact) mass is 453 g/mol. The number of benzene rings is 2. The van der Waals surface area contributed by atoms with Crippen LogP contribution in [0.2, 0.25) is 10.0 Å². The number of methoxy groups -OCH3 is 1. The maximum absolute atomic E-state index is 12.4. The molecule has 10 heteroatoms. The fourth-order valence-electron chi connectivity index (χ4n) is 2.74. The Kier molecular flexibility index (Phi) is 5.40. The quantitative estimate of drug-likeness (QED) is 0.561. The van der Waals surface area contributed by atoms with E-state index in [9.17, 15) is 9.59 Å². The molecule has 0 fully saturated rings. The van der Waals surface area contributed by atoms with E-state index in [0.29, 0.717) is 38.0 Å². The van der Waals surface area contributed by atoms with Crippen molar-refractivity contribution in [1.82, 2.24) is 0 Å². The second-order valence-electron chi connectivity index (χ2n) is 5.90. The Hall–Kier alpha value is -2.68. The van der Waals surface area contributed by atoms with Crippen LogP contribution in [0, 0.1) is 0 Å². The Morgan fingerprint density at radius 2 is 1.93 bits per heavy atom. The van der Waals surface area contributed by atoms with Gasteiger partial charge in [-0.15, -0.1) is 11.3 Å². The molecule has 0 radical (unpaired) electrons. The highest BCUT2D eigenvalue weighted by atomic mass is 35.5. The predicted octanol–water partition coefficient (Wildman–Crippen LogP) is 4.74. The number of thiophene rings is 1. The highest BCUT2D eigenvalue weighted by Crippen LogP contribution is 2.43. The molecule has 1 aromatic heterocycles. The third kappa shape index (κ3) is 3.78. The minimum Gasteiger partial charge on any atom is -0.495 e. The summed E-state index contributed by atoms with van der Waals surface area (Å²) in [4.78, 5) is 24.7. The van der Waals surface area contributed by atoms with Gasteiger partial charge < -0.3 is 24.3 Å². The number of rotatable bonds is 5. The zero-order valence-corrected chi connectivity index (χ0v) is 17.2. The van der Waals surface area contributed by atoms with Gasteiger partial charge in [0, 0.05) is 17.1 Å². The van der Waals surface area contributed by atoms with Crippen molar-refractivity contribution in [1.29, 1.82) is 0 Å². The summed E-state index contributed by atoms with van der Waals surface area (Å²) in [5, 5.41) is 3.81. The van der Waals surface area contributed by atoms with Gasteiger partial charge >= 0.3 is 5.97 Å². The van der Waals surface area contributed by atoms with Crippen LogP contribution in [0.25, 0.3) is 10.1 Å². The van der Waals surface area contributed by atoms with Gasteiger partial charge in [0.2, 0.25) is 6.79 Å². The van der Waals surface area contributed by atoms with E-state index in [1.165, 1.54) is 7.11 Å². The van der Waals surface area contributed by atoms with Gasteiger partial charge in [-0.3, -0.25) is 4.79 Å². The van der Waals surface area contributed by atoms with Crippen molar-refractivity contribution in [2.75, 3.05) is 25.8 Å². The minimum absolute atomic E-state index is 0.135. The summed E-state index contributed by atoms with van der Waals surface area (Å²) in [7, 11) is 1.50. The number of anilines is 1. The van der Waals surface area contributed by atoms with E-state index >= 15 is 0 Å². The summed E-state index contributed by atoms with van der Waals surface area (Å²) in [6.45, 7) is -0.342. The number of carbonyl (C=O) groups is 2. The van der Waals surface area contributed by atoms with E-state index < -0.39 is 18.5 Å². The molecule has 1 aliphatic rings. The standard InChI is InChI=1S/C19H13Cl2NO6S/c1-25-12-5-3-10-15(20)18(29-17(10)16(12)21)19(24)26-7-14(23)22-9-2-4-11-13(6-9)28-8-27-11/h2-6H,7-8H2,1H3,(H,22,23). The second kappa shape index (κ2) is 7.98. The Bertz CT molecular complexity index is 1130. The number of hydrogen-bond acceptors (Lipinski definition) is 7. The molecular weight excluding hydrogens is 441 g/mol. The summed E-state index contributed by atoms with van der Waals surface area (Å²) in [5.74, 6) is 0.384. The molecule has 150 valence electrons. The summed E-state index contributed by atoms with van der Waals surface area (Å²) in [6.07, 6.45) is 0. The summed E-state index contributed by atoms with van der Waals surface area (Å²) in [5.41, 5.74) is 0.495. The predicted molar refractivity (Wildman–Crippen MR) is 110 cm³/mol. The molecule has 29 heavy (non-hydrogen) atoms. The van der Waals surface area contributed by atoms with Crippen molar-refractivity contribution in [3.8, 4) is 17.2 Å². The largest absolute Gasteiger partial charge is 0.495 e. The second-order valence-corrected chi connectivity index (χ2v) is 7.67. The van der Waals surface area contributed by atoms with Gasteiger partial charge in [0.25, 0.3) is 5.91 Å². The van der Waals surface area contributed by atoms with E-state index in [1.807, 2.05) is 0 Å². The Morgan fingerprint density at radius 3 is 2.72 bits per heavy atom. The van der Waals surface area contributed by atoms with Crippen LogP contribution < -0.4 is 19.5 Å². The van der Waals surface area contributed by atoms with E-state index in [1.54, 1.807) is 30.3 Å². The van der Waals surface area contributed by atoms with Crippen molar-refractivity contribution in [2.45, 2.75) is 0 Å². The summed E-state index contributed by atoms with van der Waals surface area (Å²) < 4.78 is 21.3. The Labute approximate surface area is 179 Å². The fraction of sp³-hybridized carbons (Fsp3) is 0.158. The van der Waals surface area contributed by atoms with Crippen LogP contribution in [0.4, 0.5) is 5.69 Å². The van der Waals surface area contributed by atoms with Crippen molar-refractivity contribution in [3.63, 3.8) is 0 Å². The third-order valence-corrected chi connectivity index (χ3v) is 6.29. The molecule has 0 unspecified atom stereocenters. The minimum atomic E-state index is -0.716. The molecule has 1 aliphatic heterocycles. The van der Waals surface area contributed by atoms with Crippen LogP contribution >= 0.6 is 34.5 Å². The summed E-state index contributed by atoms with van der Waals surface area (Å²) >= 11 is 13.7. The first-order valence-electron chi connectivity index (χ1n) is 8.29. The average Bonchev–Trinajstić information content (AvgIpc) is 3.31. The molecule has 1 N–H and O–H groups in total. The lowest BCUT2D eigenvalue weighted by Gasteiger charge is -2.07. The molecule has 0 bridgehead atoms. The molecule has 3 aromatic rings. The van der Waals surface area contributed by atoms with E-state index in [-0.39, 0.29) is 16.7 Å². The number of ether oxygens (including phenoxy) is 4. The molecule has 0 atom stereocenters. The Balaban J connectivity index is 1.43. The number of hydrogen-bond donors (Lipinski definition) is 1. The number of esters is 1. The van der Waals surface area contributed by atoms with Crippen LogP contribution in [-0.4, -0.2) is 32.4 Å². The number of amides is 1. The molecule has 2 aromatic carbocycles. The number of nitrogens with one attached hydrogen (secondary N) is 1. The van der Waals surface area contributed by atoms with Gasteiger partial charge in [0.1, 0.15) is 15.6 Å². The number of halogens is 2. The SMILES string of the molecule is COc1ccc2c(Cl)c(C(=O)OCC(=O)Nc3ccc4c(c3)OCO4)sc2c1Cl. The normalized spacial score (nSPS) is 12.1. The molecule has 4 rings (SSSR count). The van der Waals surface area contributed by atoms with Crippen molar-refractivity contribution in [3.05, 3.63) is 45.3 Å². The van der Waals surface area contributed by atoms with Crippen molar-refractivity contribution < 1.29 is 28.5 Å². The molecular formula is C19H13Cl2NO6S. The average molecular weight is 454 g/mol. The number of fused-ring (bicyclic) bond motifs is 2. The highest BCUT2D eigenvalue weighted by molar-refractivity contribution is 7.22. The van der Waals surface area contributed by atoms with Gasteiger partial charge in [-0.1, -0.05) is 23.2 Å². The van der Waals surface area contributed by atoms with E-state index in [2.05, 4.69) is 5.32 Å². The van der Waals surface area contributed by atoms with Gasteiger partial charge in [-0.2, -0.15) is 0 Å². The molecule has 1 amide bonds. The molecule has 7 nitrogen and oxygen atoms in total. The molecule has 2 heterocycles. The zero-order chi connectivity index (χ0) is 20.5. The van der Waals surface area contributed by atoms with Crippen LogP contribution in [0.5, 0.6) is 17.2 Å². The molecule has 0 aliphatic carbocycles. The zero-order valence-electron chi connectivity index (χ0n) is 14.9. The van der Waals surface area contributed by atoms with Gasteiger partial charge in [0.05, 0.1) is 16.8 Å². The lowest BCUT2D eigenvalue weighted by atomic mass is 10.2. The molecule has 0 saturated carbocycles. The van der Waals surface area contributed by atoms with E-state index in [4.69, 9.17) is 42.1 Å². The Morgan fingerprint density at radius 1 is 1.14 bits per heavy atom. The van der Waals surface area contributed by atoms with Crippen LogP contribution in [0.15, 0.2) is 30.3 Å². The van der Waals surface area contributed by atoms with Gasteiger partial charge in [-0.05, 0) is 24.3 Å². The maximum Gasteiger partial charge on any atom is 0.350 e. The van der Waals surface area contributed by atoms with Crippen LogP contribution in [0.3, 0.4) is 0 Å². The maximum atomic E-state index is 12.4. The molecule has 0 saturated heterocycles. The first kappa shape index (κ1) is 19.6. The van der Waals surface area contributed by atoms with Gasteiger partial charge in [0.15, 0.2) is 18.1 Å². The summed E-state index contributed by atoms with van der Waals surface area (Å²) in [6, 6.07) is 8.34. The van der Waals surface area contributed by atoms with E-state index in [0.717, 1.165) is 11.3 Å². The van der Waals surface area contributed by atoms with Crippen molar-refractivity contribution in [2.24, 2.45) is 0 Å². The first-order chi connectivity index (χ1) is 14.0. The van der Waals surface area contributed by atoms with Gasteiger partial charge in [-0.25, -0.2) is 4.79 Å². The number of carbonyl (C=O) groups excluding carboxylic acids is 2. The van der Waals surface area contributed by atoms with Crippen LogP contribution in [-0.2, 0) is 9.53 Å². The lowest BCUT2D eigenvalue weighted by molar-refractivity contribution is -0.119. The van der Waals surface area contributed by atoms with Crippen LogP contribution in [0.1, 0.15) is 9.67 Å². The topological polar surface area (TPSA) is 83.1 Å². The fourth-order valence-corrected chi connectivity index (χ4v) is 4.52. The lowest BCUT2D eigenvalue weighted by Crippen LogP contribution is -2.20. The smallest absolute Gasteiger partial charge is 0.350 e.